The molecule has 0 atom stereocenters. The van der Waals surface area contributed by atoms with Gasteiger partial charge in [0.1, 0.15) is 5.82 Å². The Morgan fingerprint density at radius 3 is 3.00 bits per heavy atom. The van der Waals surface area contributed by atoms with Gasteiger partial charge in [0.05, 0.1) is 5.69 Å². The van der Waals surface area contributed by atoms with Crippen molar-refractivity contribution < 1.29 is 4.39 Å². The molecule has 0 saturated carbocycles. The van der Waals surface area contributed by atoms with Crippen LogP contribution < -0.4 is 0 Å². The highest BCUT2D eigenvalue weighted by molar-refractivity contribution is 5.73. The van der Waals surface area contributed by atoms with Gasteiger partial charge in [0.15, 0.2) is 0 Å². The topological polar surface area (TPSA) is 12.9 Å². The van der Waals surface area contributed by atoms with E-state index in [1.165, 1.54) is 11.6 Å². The van der Waals surface area contributed by atoms with Crippen LogP contribution in [0.25, 0.3) is 11.3 Å². The molecular weight excluding hydrogens is 177 g/mol. The highest BCUT2D eigenvalue weighted by Crippen LogP contribution is 2.34. The third-order valence-electron chi connectivity index (χ3n) is 2.59. The first-order valence-corrected chi connectivity index (χ1v) is 4.57. The fourth-order valence-electron chi connectivity index (χ4n) is 1.97. The highest BCUT2D eigenvalue weighted by atomic mass is 19.1. The van der Waals surface area contributed by atoms with E-state index in [0.717, 1.165) is 23.2 Å². The lowest BCUT2D eigenvalue weighted by molar-refractivity contribution is 0.626. The second-order valence-corrected chi connectivity index (χ2v) is 3.49. The molecule has 1 aliphatic rings. The summed E-state index contributed by atoms with van der Waals surface area (Å²) in [5, 5.41) is 0. The summed E-state index contributed by atoms with van der Waals surface area (Å²) in [5.74, 6) is -0.170. The third kappa shape index (κ3) is 0.970. The van der Waals surface area contributed by atoms with E-state index in [0.29, 0.717) is 0 Å². The summed E-state index contributed by atoms with van der Waals surface area (Å²) in [5.41, 5.74) is 4.30. The normalized spacial score (nSPS) is 12.4. The lowest BCUT2D eigenvalue weighted by Gasteiger charge is -1.98. The highest BCUT2D eigenvalue weighted by Gasteiger charge is 2.18. The average Bonchev–Trinajstić information content (AvgIpc) is 2.54. The fraction of sp³-hybridized carbons (Fsp3) is 0.0833. The first-order chi connectivity index (χ1) is 6.84. The van der Waals surface area contributed by atoms with Crippen LogP contribution in [0.15, 0.2) is 36.5 Å². The van der Waals surface area contributed by atoms with Crippen molar-refractivity contribution >= 4 is 0 Å². The van der Waals surface area contributed by atoms with Gasteiger partial charge in [-0.25, -0.2) is 4.39 Å². The molecule has 1 heterocycles. The monoisotopic (exact) mass is 185 g/mol. The van der Waals surface area contributed by atoms with Gasteiger partial charge in [0.2, 0.25) is 0 Å². The van der Waals surface area contributed by atoms with Crippen molar-refractivity contribution in [2.45, 2.75) is 6.42 Å². The van der Waals surface area contributed by atoms with Crippen LogP contribution in [0.5, 0.6) is 0 Å². The van der Waals surface area contributed by atoms with Gasteiger partial charge in [0, 0.05) is 18.2 Å². The molecule has 1 aromatic heterocycles. The minimum absolute atomic E-state index is 0.170. The molecule has 0 N–H and O–H groups in total. The third-order valence-corrected chi connectivity index (χ3v) is 2.59. The van der Waals surface area contributed by atoms with Crippen LogP contribution in [0.1, 0.15) is 11.1 Å². The largest absolute Gasteiger partial charge is 0.256 e. The molecule has 0 aliphatic heterocycles. The Morgan fingerprint density at radius 1 is 1.14 bits per heavy atom. The van der Waals surface area contributed by atoms with Crippen molar-refractivity contribution in [3.63, 3.8) is 0 Å². The SMILES string of the molecule is Fc1ccc2c(c1)Cc1cccnc1-2. The van der Waals surface area contributed by atoms with Gasteiger partial charge in [-0.2, -0.15) is 0 Å². The van der Waals surface area contributed by atoms with Gasteiger partial charge in [-0.1, -0.05) is 6.07 Å². The molecule has 1 aliphatic carbocycles. The van der Waals surface area contributed by atoms with Crippen molar-refractivity contribution in [2.75, 3.05) is 0 Å². The molecule has 0 amide bonds. The van der Waals surface area contributed by atoms with E-state index in [1.54, 1.807) is 12.3 Å². The second-order valence-electron chi connectivity index (χ2n) is 3.49. The van der Waals surface area contributed by atoms with Gasteiger partial charge in [-0.15, -0.1) is 0 Å². The summed E-state index contributed by atoms with van der Waals surface area (Å²) >= 11 is 0. The zero-order chi connectivity index (χ0) is 9.54. The first-order valence-electron chi connectivity index (χ1n) is 4.57. The van der Waals surface area contributed by atoms with Crippen LogP contribution in [0.4, 0.5) is 4.39 Å². The molecular formula is C12H8FN. The number of hydrogen-bond donors (Lipinski definition) is 0. The van der Waals surface area contributed by atoms with Gasteiger partial charge < -0.3 is 0 Å². The predicted octanol–water partition coefficient (Wildman–Crippen LogP) is 2.79. The smallest absolute Gasteiger partial charge is 0.123 e. The molecule has 0 saturated heterocycles. The summed E-state index contributed by atoms with van der Waals surface area (Å²) in [6, 6.07) is 8.85. The van der Waals surface area contributed by atoms with Crippen LogP contribution >= 0.6 is 0 Å². The molecule has 2 heteroatoms. The van der Waals surface area contributed by atoms with Crippen LogP contribution in [-0.4, -0.2) is 4.98 Å². The fourth-order valence-corrected chi connectivity index (χ4v) is 1.97. The van der Waals surface area contributed by atoms with Crippen LogP contribution in [0, 0.1) is 5.82 Å². The van der Waals surface area contributed by atoms with Gasteiger partial charge >= 0.3 is 0 Å². The number of fused-ring (bicyclic) bond motifs is 3. The van der Waals surface area contributed by atoms with E-state index in [9.17, 15) is 4.39 Å². The zero-order valence-corrected chi connectivity index (χ0v) is 7.50. The molecule has 0 unspecified atom stereocenters. The molecule has 68 valence electrons. The number of halogens is 1. The van der Waals surface area contributed by atoms with E-state index in [1.807, 2.05) is 18.2 Å². The Bertz CT molecular complexity index is 505. The van der Waals surface area contributed by atoms with Crippen molar-refractivity contribution in [1.29, 1.82) is 0 Å². The van der Waals surface area contributed by atoms with Crippen molar-refractivity contribution in [3.8, 4) is 11.3 Å². The molecule has 2 aromatic rings. The average molecular weight is 185 g/mol. The molecule has 14 heavy (non-hydrogen) atoms. The Morgan fingerprint density at radius 2 is 2.07 bits per heavy atom. The molecule has 0 bridgehead atoms. The van der Waals surface area contributed by atoms with E-state index in [4.69, 9.17) is 0 Å². The molecule has 0 radical (unpaired) electrons. The lowest BCUT2D eigenvalue weighted by atomic mass is 10.1. The maximum absolute atomic E-state index is 13.0. The standard InChI is InChI=1S/C12H8FN/c13-10-3-4-11-9(7-10)6-8-2-1-5-14-12(8)11/h1-5,7H,6H2. The number of pyridine rings is 1. The maximum atomic E-state index is 13.0. The summed E-state index contributed by atoms with van der Waals surface area (Å²) in [4.78, 5) is 4.31. The molecule has 0 fully saturated rings. The van der Waals surface area contributed by atoms with Crippen molar-refractivity contribution in [3.05, 3.63) is 53.5 Å². The van der Waals surface area contributed by atoms with E-state index >= 15 is 0 Å². The number of benzene rings is 1. The van der Waals surface area contributed by atoms with Gasteiger partial charge in [0.25, 0.3) is 0 Å². The minimum atomic E-state index is -0.170. The van der Waals surface area contributed by atoms with Gasteiger partial charge in [-0.05, 0) is 35.4 Å². The summed E-state index contributed by atoms with van der Waals surface area (Å²) in [6.45, 7) is 0. The number of aromatic nitrogens is 1. The first kappa shape index (κ1) is 7.68. The second kappa shape index (κ2) is 2.64. The van der Waals surface area contributed by atoms with E-state index in [-0.39, 0.29) is 5.82 Å². The van der Waals surface area contributed by atoms with Crippen molar-refractivity contribution in [2.24, 2.45) is 0 Å². The number of rotatable bonds is 0. The van der Waals surface area contributed by atoms with Gasteiger partial charge in [-0.3, -0.25) is 4.98 Å². The molecule has 3 rings (SSSR count). The number of hydrogen-bond acceptors (Lipinski definition) is 1. The Hall–Kier alpha value is -1.70. The Kier molecular flexibility index (Phi) is 1.45. The van der Waals surface area contributed by atoms with E-state index < -0.39 is 0 Å². The van der Waals surface area contributed by atoms with E-state index in [2.05, 4.69) is 4.98 Å². The molecule has 0 spiro atoms. The summed E-state index contributed by atoms with van der Waals surface area (Å²) < 4.78 is 13.0. The summed E-state index contributed by atoms with van der Waals surface area (Å²) in [6.07, 6.45) is 2.58. The lowest BCUT2D eigenvalue weighted by Crippen LogP contribution is -1.82. The van der Waals surface area contributed by atoms with Crippen LogP contribution in [-0.2, 0) is 6.42 Å². The quantitative estimate of drug-likeness (QED) is 0.524. The maximum Gasteiger partial charge on any atom is 0.123 e. The molecule has 1 nitrogen and oxygen atoms in total. The predicted molar refractivity (Wildman–Crippen MR) is 52.4 cm³/mol. The zero-order valence-electron chi connectivity index (χ0n) is 7.50. The minimum Gasteiger partial charge on any atom is -0.256 e. The Balaban J connectivity index is 2.27. The molecule has 1 aromatic carbocycles. The Labute approximate surface area is 81.2 Å². The van der Waals surface area contributed by atoms with Crippen LogP contribution in [0.3, 0.4) is 0 Å². The van der Waals surface area contributed by atoms with Crippen LogP contribution in [0.2, 0.25) is 0 Å². The summed E-state index contributed by atoms with van der Waals surface area (Å²) in [7, 11) is 0. The van der Waals surface area contributed by atoms with Crippen molar-refractivity contribution in [1.82, 2.24) is 4.98 Å². The number of nitrogens with zero attached hydrogens (tertiary/aromatic N) is 1.